The number of nitrogens with zero attached hydrogens (tertiary/aromatic N) is 1. The maximum atomic E-state index is 12.4. The smallest absolute Gasteiger partial charge is 0.373 e. The maximum absolute atomic E-state index is 12.4. The third-order valence-electron chi connectivity index (χ3n) is 4.41. The number of thiophene rings is 1. The average molecular weight is 655 g/mol. The Hall–Kier alpha value is -1.28. The van der Waals surface area contributed by atoms with E-state index in [2.05, 4.69) is 33.1 Å². The van der Waals surface area contributed by atoms with Crippen LogP contribution in [0.25, 0.3) is 0 Å². The zero-order chi connectivity index (χ0) is 24.6. The Morgan fingerprint density at radius 1 is 1.21 bits per heavy atom. The minimum absolute atomic E-state index is 0.234. The molecule has 178 valence electrons. The molecule has 0 radical (unpaired) electrons. The van der Waals surface area contributed by atoms with Crippen molar-refractivity contribution in [2.75, 3.05) is 13.1 Å². The highest BCUT2D eigenvalue weighted by molar-refractivity contribution is 14.1. The first-order valence-electron chi connectivity index (χ1n) is 9.10. The molecule has 33 heavy (non-hydrogen) atoms. The Bertz CT molecular complexity index is 1120. The monoisotopic (exact) mass is 653 g/mol. The van der Waals surface area contributed by atoms with Crippen LogP contribution in [0, 0.1) is 6.92 Å². The third-order valence-corrected chi connectivity index (χ3v) is 8.10. The van der Waals surface area contributed by atoms with Crippen LogP contribution >= 0.6 is 68.7 Å². The molecule has 0 bridgehead atoms. The second-order valence-corrected chi connectivity index (χ2v) is 11.0. The highest BCUT2D eigenvalue weighted by Crippen LogP contribution is 2.46. The fraction of sp³-hybridized carbons (Fsp3) is 0.316. The van der Waals surface area contributed by atoms with Gasteiger partial charge in [-0.3, -0.25) is 9.59 Å². The van der Waals surface area contributed by atoms with Crippen LogP contribution in [0.3, 0.4) is 0 Å². The quantitative estimate of drug-likeness (QED) is 0.234. The van der Waals surface area contributed by atoms with E-state index in [-0.39, 0.29) is 15.1 Å². The van der Waals surface area contributed by atoms with Crippen LogP contribution in [0.4, 0.5) is 13.2 Å². The van der Waals surface area contributed by atoms with Crippen molar-refractivity contribution in [2.45, 2.75) is 23.1 Å². The fourth-order valence-electron chi connectivity index (χ4n) is 2.82. The topological polar surface area (TPSA) is 79.8 Å². The van der Waals surface area contributed by atoms with Gasteiger partial charge >= 0.3 is 6.18 Å². The minimum atomic E-state index is -4.53. The summed E-state index contributed by atoms with van der Waals surface area (Å²) in [6.45, 7) is -0.350. The van der Waals surface area contributed by atoms with E-state index < -0.39 is 34.7 Å². The molecule has 0 unspecified atom stereocenters. The normalized spacial score (nSPS) is 18.0. The number of carbonyl (C=O) groups is 2. The number of benzene rings is 1. The number of nitrogens with one attached hydrogen (secondary N) is 2. The summed E-state index contributed by atoms with van der Waals surface area (Å²) < 4.78 is 35.6. The summed E-state index contributed by atoms with van der Waals surface area (Å²) in [4.78, 5) is 30.6. The molecule has 2 amide bonds. The molecular formula is C19H14Cl3F3IN3O3S. The predicted octanol–water partition coefficient (Wildman–Crippen LogP) is 5.84. The van der Waals surface area contributed by atoms with Crippen molar-refractivity contribution in [1.82, 2.24) is 10.6 Å². The Morgan fingerprint density at radius 2 is 1.85 bits per heavy atom. The van der Waals surface area contributed by atoms with Crippen LogP contribution in [0.2, 0.25) is 15.1 Å². The molecule has 2 aromatic rings. The van der Waals surface area contributed by atoms with Gasteiger partial charge in [0, 0.05) is 5.56 Å². The molecule has 2 heterocycles. The summed E-state index contributed by atoms with van der Waals surface area (Å²) >= 11 is 21.5. The van der Waals surface area contributed by atoms with Crippen LogP contribution in [0.15, 0.2) is 23.4 Å². The van der Waals surface area contributed by atoms with Gasteiger partial charge in [0.25, 0.3) is 5.91 Å². The van der Waals surface area contributed by atoms with Gasteiger partial charge < -0.3 is 15.5 Å². The van der Waals surface area contributed by atoms with Crippen LogP contribution in [0.5, 0.6) is 0 Å². The summed E-state index contributed by atoms with van der Waals surface area (Å²) in [5.74, 6) is -1.53. The van der Waals surface area contributed by atoms with Crippen LogP contribution in [-0.4, -0.2) is 36.8 Å². The van der Waals surface area contributed by atoms with E-state index in [9.17, 15) is 22.8 Å². The molecular weight excluding hydrogens is 641 g/mol. The molecule has 1 aliphatic rings. The number of halogens is 7. The summed E-state index contributed by atoms with van der Waals surface area (Å²) in [5, 5.41) is 8.94. The lowest BCUT2D eigenvalue weighted by Gasteiger charge is -2.20. The molecule has 1 aliphatic heterocycles. The van der Waals surface area contributed by atoms with Crippen LogP contribution in [-0.2, 0) is 13.2 Å². The number of alkyl halides is 4. The van der Waals surface area contributed by atoms with Gasteiger partial charge in [-0.1, -0.05) is 40.0 Å². The van der Waals surface area contributed by atoms with E-state index in [0.717, 1.165) is 11.3 Å². The average Bonchev–Trinajstić information content (AvgIpc) is 3.31. The van der Waals surface area contributed by atoms with Gasteiger partial charge in [0.05, 0.1) is 37.8 Å². The molecule has 2 N–H and O–H groups in total. The third kappa shape index (κ3) is 6.44. The molecule has 0 aliphatic carbocycles. The molecule has 1 aromatic carbocycles. The summed E-state index contributed by atoms with van der Waals surface area (Å²) in [6, 6.07) is 5.03. The first-order valence-corrected chi connectivity index (χ1v) is 12.1. The van der Waals surface area contributed by atoms with Crippen molar-refractivity contribution in [3.8, 4) is 0 Å². The summed E-state index contributed by atoms with van der Waals surface area (Å²) in [7, 11) is 0. The van der Waals surface area contributed by atoms with Gasteiger partial charge in [-0.25, -0.2) is 0 Å². The molecule has 0 saturated carbocycles. The highest BCUT2D eigenvalue weighted by atomic mass is 127. The second kappa shape index (κ2) is 10.1. The number of amides is 2. The number of aryl methyl sites for hydroxylation is 1. The lowest BCUT2D eigenvalue weighted by molar-refractivity contribution is -0.137. The first kappa shape index (κ1) is 26.3. The molecule has 0 fully saturated rings. The summed E-state index contributed by atoms with van der Waals surface area (Å²) in [5.41, 5.74) is 1.87. The molecule has 0 spiro atoms. The van der Waals surface area contributed by atoms with Crippen molar-refractivity contribution in [3.05, 3.63) is 54.1 Å². The van der Waals surface area contributed by atoms with Gasteiger partial charge in [-0.05, 0) is 53.3 Å². The lowest BCUT2D eigenvalue weighted by atomic mass is 10.0. The SMILES string of the molecule is Cc1cc(C2=NO[C@](I)(c3cc(Cl)c(Cl)c(Cl)c3)C2)sc1C(=O)NCC(=O)NCC(F)(F)F. The van der Waals surface area contributed by atoms with Gasteiger partial charge in [-0.2, -0.15) is 13.2 Å². The Morgan fingerprint density at radius 3 is 2.45 bits per heavy atom. The van der Waals surface area contributed by atoms with Crippen LogP contribution in [0.1, 0.15) is 32.1 Å². The fourth-order valence-corrected chi connectivity index (χ4v) is 5.25. The minimum Gasteiger partial charge on any atom is -0.373 e. The molecule has 1 aromatic heterocycles. The van der Waals surface area contributed by atoms with E-state index in [0.29, 0.717) is 33.0 Å². The van der Waals surface area contributed by atoms with Gasteiger partial charge in [0.15, 0.2) is 0 Å². The zero-order valence-electron chi connectivity index (χ0n) is 16.6. The number of rotatable bonds is 6. The van der Waals surface area contributed by atoms with Crippen molar-refractivity contribution >= 4 is 86.3 Å². The van der Waals surface area contributed by atoms with Gasteiger partial charge in [0.2, 0.25) is 9.51 Å². The Kier molecular flexibility index (Phi) is 8.09. The van der Waals surface area contributed by atoms with Gasteiger partial charge in [0.1, 0.15) is 12.3 Å². The number of carbonyl (C=O) groups excluding carboxylic acids is 2. The van der Waals surface area contributed by atoms with Gasteiger partial charge in [-0.15, -0.1) is 11.3 Å². The van der Waals surface area contributed by atoms with Crippen molar-refractivity contribution in [3.63, 3.8) is 0 Å². The number of hydrogen-bond donors (Lipinski definition) is 2. The van der Waals surface area contributed by atoms with E-state index in [1.165, 1.54) is 0 Å². The summed E-state index contributed by atoms with van der Waals surface area (Å²) in [6.07, 6.45) is -4.18. The van der Waals surface area contributed by atoms with E-state index >= 15 is 0 Å². The predicted molar refractivity (Wildman–Crippen MR) is 130 cm³/mol. The lowest BCUT2D eigenvalue weighted by Crippen LogP contribution is -2.40. The molecule has 6 nitrogen and oxygen atoms in total. The van der Waals surface area contributed by atoms with Crippen molar-refractivity contribution < 1.29 is 27.6 Å². The largest absolute Gasteiger partial charge is 0.405 e. The number of oxime groups is 1. The highest BCUT2D eigenvalue weighted by Gasteiger charge is 2.40. The molecule has 14 heteroatoms. The molecule has 0 saturated heterocycles. The molecule has 3 rings (SSSR count). The van der Waals surface area contributed by atoms with Crippen LogP contribution < -0.4 is 10.6 Å². The van der Waals surface area contributed by atoms with Crippen molar-refractivity contribution in [1.29, 1.82) is 0 Å². The zero-order valence-corrected chi connectivity index (χ0v) is 21.8. The Labute approximate surface area is 218 Å². The maximum Gasteiger partial charge on any atom is 0.405 e. The standard InChI is InChI=1S/C19H14Cl3F3IN3O3S/c1-8-2-13(33-16(8)17(31)27-6-14(30)28-7-19(23,24)25)12-5-18(26,32-29-12)9-3-10(20)15(22)11(21)4-9/h2-4H,5-7H2,1H3,(H,27,31)(H,28,30)/t18-/m0/s1. The first-order chi connectivity index (χ1) is 15.3. The Balaban J connectivity index is 1.67. The van der Waals surface area contributed by atoms with Crippen molar-refractivity contribution in [2.24, 2.45) is 5.16 Å². The molecule has 1 atom stereocenters. The second-order valence-electron chi connectivity index (χ2n) is 6.99. The van der Waals surface area contributed by atoms with E-state index in [4.69, 9.17) is 39.6 Å². The van der Waals surface area contributed by atoms with E-state index in [1.54, 1.807) is 30.4 Å². The number of hydrogen-bond acceptors (Lipinski definition) is 5. The van der Waals surface area contributed by atoms with E-state index in [1.807, 2.05) is 0 Å².